The van der Waals surface area contributed by atoms with E-state index in [9.17, 15) is 0 Å². The van der Waals surface area contributed by atoms with Crippen molar-refractivity contribution in [2.45, 2.75) is 25.8 Å². The van der Waals surface area contributed by atoms with E-state index in [-0.39, 0.29) is 6.04 Å². The highest BCUT2D eigenvalue weighted by molar-refractivity contribution is 9.10. The Bertz CT molecular complexity index is 593. The molecule has 0 saturated carbocycles. The summed E-state index contributed by atoms with van der Waals surface area (Å²) in [7, 11) is 1.95. The molecule has 0 fully saturated rings. The van der Waals surface area contributed by atoms with E-state index in [1.165, 1.54) is 0 Å². The Balaban J connectivity index is 2.26. The number of hydrogen-bond donors (Lipinski definition) is 1. The summed E-state index contributed by atoms with van der Waals surface area (Å²) in [4.78, 5) is 0. The van der Waals surface area contributed by atoms with Crippen molar-refractivity contribution in [3.63, 3.8) is 0 Å². The first kappa shape index (κ1) is 16.8. The van der Waals surface area contributed by atoms with Crippen molar-refractivity contribution in [1.82, 2.24) is 15.1 Å². The second-order valence-corrected chi connectivity index (χ2v) is 6.63. The maximum absolute atomic E-state index is 6.11. The van der Waals surface area contributed by atoms with E-state index in [0.29, 0.717) is 10.0 Å². The largest absolute Gasteiger partial charge is 0.308 e. The van der Waals surface area contributed by atoms with Crippen LogP contribution >= 0.6 is 39.1 Å². The van der Waals surface area contributed by atoms with Crippen LogP contribution < -0.4 is 5.32 Å². The summed E-state index contributed by atoms with van der Waals surface area (Å²) < 4.78 is 2.91. The first-order valence-electron chi connectivity index (χ1n) is 6.87. The number of halogens is 3. The molecule has 2 rings (SSSR count). The molecule has 1 atom stereocenters. The van der Waals surface area contributed by atoms with Crippen molar-refractivity contribution in [2.75, 3.05) is 6.54 Å². The molecule has 0 aliphatic heterocycles. The Morgan fingerprint density at radius 3 is 2.67 bits per heavy atom. The fourth-order valence-corrected chi connectivity index (χ4v) is 3.24. The molecule has 6 heteroatoms. The quantitative estimate of drug-likeness (QED) is 0.769. The third-order valence-corrected chi connectivity index (χ3v) is 4.68. The zero-order chi connectivity index (χ0) is 15.4. The second kappa shape index (κ2) is 7.63. The maximum atomic E-state index is 6.11. The van der Waals surface area contributed by atoms with Gasteiger partial charge in [0.2, 0.25) is 0 Å². The van der Waals surface area contributed by atoms with Gasteiger partial charge in [-0.3, -0.25) is 4.68 Å². The minimum Gasteiger partial charge on any atom is -0.308 e. The Morgan fingerprint density at radius 1 is 1.33 bits per heavy atom. The molecule has 21 heavy (non-hydrogen) atoms. The predicted molar refractivity (Wildman–Crippen MR) is 92.1 cm³/mol. The zero-order valence-electron chi connectivity index (χ0n) is 12.0. The second-order valence-electron chi connectivity index (χ2n) is 4.96. The smallest absolute Gasteiger partial charge is 0.0695 e. The summed E-state index contributed by atoms with van der Waals surface area (Å²) in [5, 5.41) is 9.04. The van der Waals surface area contributed by atoms with Crippen molar-refractivity contribution in [3.05, 3.63) is 50.2 Å². The molecule has 1 N–H and O–H groups in total. The van der Waals surface area contributed by atoms with Crippen LogP contribution in [0.2, 0.25) is 10.0 Å². The Morgan fingerprint density at radius 2 is 2.10 bits per heavy atom. The van der Waals surface area contributed by atoms with Crippen LogP contribution in [0.5, 0.6) is 0 Å². The molecule has 0 aliphatic rings. The van der Waals surface area contributed by atoms with Crippen molar-refractivity contribution < 1.29 is 0 Å². The molecule has 0 saturated heterocycles. The average Bonchev–Trinajstić information content (AvgIpc) is 2.78. The van der Waals surface area contributed by atoms with Crippen molar-refractivity contribution in [3.8, 4) is 0 Å². The third-order valence-electron chi connectivity index (χ3n) is 3.33. The van der Waals surface area contributed by atoms with E-state index in [0.717, 1.165) is 35.1 Å². The molecule has 0 aliphatic carbocycles. The van der Waals surface area contributed by atoms with E-state index < -0.39 is 0 Å². The minimum atomic E-state index is 0.170. The van der Waals surface area contributed by atoms with E-state index in [2.05, 4.69) is 33.3 Å². The Hall–Kier alpha value is -0.550. The molecular formula is C15H18BrCl2N3. The summed E-state index contributed by atoms with van der Waals surface area (Å²) >= 11 is 15.7. The molecule has 1 aromatic carbocycles. The third kappa shape index (κ3) is 4.22. The Labute approximate surface area is 143 Å². The lowest BCUT2D eigenvalue weighted by Gasteiger charge is -2.20. The number of hydrogen-bond acceptors (Lipinski definition) is 2. The highest BCUT2D eigenvalue weighted by atomic mass is 79.9. The molecule has 1 heterocycles. The summed E-state index contributed by atoms with van der Waals surface area (Å²) in [6, 6.07) is 5.95. The molecule has 3 nitrogen and oxygen atoms in total. The monoisotopic (exact) mass is 389 g/mol. The van der Waals surface area contributed by atoms with Gasteiger partial charge in [-0.1, -0.05) is 36.2 Å². The molecule has 0 bridgehead atoms. The van der Waals surface area contributed by atoms with Crippen LogP contribution in [0.1, 0.15) is 30.6 Å². The highest BCUT2D eigenvalue weighted by Crippen LogP contribution is 2.28. The summed E-state index contributed by atoms with van der Waals surface area (Å²) in [5.41, 5.74) is 2.28. The lowest BCUT2D eigenvalue weighted by atomic mass is 10.0. The number of nitrogens with one attached hydrogen (secondary N) is 1. The highest BCUT2D eigenvalue weighted by Gasteiger charge is 2.19. The van der Waals surface area contributed by atoms with Gasteiger partial charge in [-0.2, -0.15) is 5.10 Å². The first-order chi connectivity index (χ1) is 10.0. The lowest BCUT2D eigenvalue weighted by molar-refractivity contribution is 0.492. The fraction of sp³-hybridized carbons (Fsp3) is 0.400. The SMILES string of the molecule is CCCNC(Cc1ccc(Cl)c(Cl)c1)c1c(Br)cnn1C. The number of aryl methyl sites for hydroxylation is 1. The normalized spacial score (nSPS) is 12.6. The fourth-order valence-electron chi connectivity index (χ4n) is 2.30. The van der Waals surface area contributed by atoms with Gasteiger partial charge in [-0.25, -0.2) is 0 Å². The van der Waals surface area contributed by atoms with Gasteiger partial charge in [0.05, 0.1) is 32.5 Å². The number of nitrogens with zero attached hydrogens (tertiary/aromatic N) is 2. The van der Waals surface area contributed by atoms with E-state index in [1.54, 1.807) is 0 Å². The van der Waals surface area contributed by atoms with Crippen LogP contribution in [-0.2, 0) is 13.5 Å². The van der Waals surface area contributed by atoms with Gasteiger partial charge in [0, 0.05) is 7.05 Å². The van der Waals surface area contributed by atoms with E-state index in [4.69, 9.17) is 23.2 Å². The summed E-state index contributed by atoms with van der Waals surface area (Å²) in [6.07, 6.45) is 3.73. The van der Waals surface area contributed by atoms with E-state index in [1.807, 2.05) is 36.1 Å². The molecule has 0 amide bonds. The molecule has 2 aromatic rings. The van der Waals surface area contributed by atoms with Gasteiger partial charge < -0.3 is 5.32 Å². The van der Waals surface area contributed by atoms with Crippen LogP contribution in [0, 0.1) is 0 Å². The first-order valence-corrected chi connectivity index (χ1v) is 8.42. The molecular weight excluding hydrogens is 373 g/mol. The van der Waals surface area contributed by atoms with Gasteiger partial charge in [0.1, 0.15) is 0 Å². The minimum absolute atomic E-state index is 0.170. The van der Waals surface area contributed by atoms with Crippen LogP contribution in [-0.4, -0.2) is 16.3 Å². The van der Waals surface area contributed by atoms with Crippen molar-refractivity contribution in [1.29, 1.82) is 0 Å². The van der Waals surface area contributed by atoms with Gasteiger partial charge in [0.15, 0.2) is 0 Å². The topological polar surface area (TPSA) is 29.9 Å². The Kier molecular flexibility index (Phi) is 6.11. The molecule has 114 valence electrons. The van der Waals surface area contributed by atoms with Gasteiger partial charge in [-0.15, -0.1) is 0 Å². The van der Waals surface area contributed by atoms with Crippen molar-refractivity contribution in [2.24, 2.45) is 7.05 Å². The molecule has 1 aromatic heterocycles. The standard InChI is InChI=1S/C15H18BrCl2N3/c1-3-6-19-14(15-11(16)9-20-21(15)2)8-10-4-5-12(17)13(18)7-10/h4-5,7,9,14,19H,3,6,8H2,1-2H3. The average molecular weight is 391 g/mol. The number of benzene rings is 1. The summed E-state index contributed by atoms with van der Waals surface area (Å²) in [5.74, 6) is 0. The number of rotatable bonds is 6. The molecule has 1 unspecified atom stereocenters. The van der Waals surface area contributed by atoms with Gasteiger partial charge >= 0.3 is 0 Å². The molecule has 0 radical (unpaired) electrons. The number of aromatic nitrogens is 2. The van der Waals surface area contributed by atoms with Gasteiger partial charge in [0.25, 0.3) is 0 Å². The summed E-state index contributed by atoms with van der Waals surface area (Å²) in [6.45, 7) is 3.10. The van der Waals surface area contributed by atoms with Crippen LogP contribution in [0.15, 0.2) is 28.9 Å². The van der Waals surface area contributed by atoms with Crippen LogP contribution in [0.3, 0.4) is 0 Å². The predicted octanol–water partition coefficient (Wildman–Crippen LogP) is 4.77. The molecule has 0 spiro atoms. The van der Waals surface area contributed by atoms with Gasteiger partial charge in [-0.05, 0) is 53.0 Å². The maximum Gasteiger partial charge on any atom is 0.0695 e. The van der Waals surface area contributed by atoms with Crippen LogP contribution in [0.4, 0.5) is 0 Å². The zero-order valence-corrected chi connectivity index (χ0v) is 15.1. The van der Waals surface area contributed by atoms with Crippen molar-refractivity contribution >= 4 is 39.1 Å². The lowest BCUT2D eigenvalue weighted by Crippen LogP contribution is -2.26. The van der Waals surface area contributed by atoms with E-state index >= 15 is 0 Å². The van der Waals surface area contributed by atoms with Crippen LogP contribution in [0.25, 0.3) is 0 Å².